The number of carbonyl (C=O) groups is 1. The molecule has 1 aromatic carbocycles. The summed E-state index contributed by atoms with van der Waals surface area (Å²) in [6.45, 7) is 8.44. The number of hydrogen-bond donors (Lipinski definition) is 0. The van der Waals surface area contributed by atoms with Crippen molar-refractivity contribution in [3.63, 3.8) is 0 Å². The van der Waals surface area contributed by atoms with Crippen molar-refractivity contribution in [3.05, 3.63) is 58.3 Å². The van der Waals surface area contributed by atoms with E-state index in [1.54, 1.807) is 6.08 Å². The molecule has 2 aliphatic rings. The highest BCUT2D eigenvalue weighted by molar-refractivity contribution is 7.92. The molecular formula is C24H32N4O4S. The summed E-state index contributed by atoms with van der Waals surface area (Å²) < 4.78 is 32.1. The van der Waals surface area contributed by atoms with E-state index in [0.717, 1.165) is 42.2 Å². The lowest BCUT2D eigenvalue weighted by Crippen LogP contribution is -2.51. The van der Waals surface area contributed by atoms with Gasteiger partial charge in [-0.15, -0.1) is 0 Å². The van der Waals surface area contributed by atoms with E-state index < -0.39 is 10.0 Å². The molecule has 1 amide bonds. The maximum Gasteiger partial charge on any atom is 0.236 e. The van der Waals surface area contributed by atoms with Gasteiger partial charge in [0.15, 0.2) is 0 Å². The number of aromatic nitrogens is 1. The van der Waals surface area contributed by atoms with E-state index in [2.05, 4.69) is 10.1 Å². The Morgan fingerprint density at radius 3 is 2.33 bits per heavy atom. The molecule has 0 bridgehead atoms. The maximum atomic E-state index is 13.1. The minimum absolute atomic E-state index is 0.108. The number of sulfonamides is 1. The lowest BCUT2D eigenvalue weighted by atomic mass is 9.96. The zero-order valence-electron chi connectivity index (χ0n) is 19.3. The summed E-state index contributed by atoms with van der Waals surface area (Å²) >= 11 is 0. The number of carbonyl (C=O) groups excluding carboxylic acids is 1. The molecule has 9 heteroatoms. The molecule has 2 fully saturated rings. The Morgan fingerprint density at radius 2 is 1.73 bits per heavy atom. The van der Waals surface area contributed by atoms with Crippen LogP contribution in [-0.2, 0) is 21.4 Å². The minimum atomic E-state index is -3.49. The smallest absolute Gasteiger partial charge is 0.236 e. The lowest BCUT2D eigenvalue weighted by molar-refractivity contribution is -0.138. The minimum Gasteiger partial charge on any atom is -0.361 e. The number of piperazine rings is 1. The van der Waals surface area contributed by atoms with Crippen molar-refractivity contribution in [1.82, 2.24) is 19.3 Å². The fraction of sp³-hybridized carbons (Fsp3) is 0.500. The van der Waals surface area contributed by atoms with Crippen molar-refractivity contribution in [3.8, 4) is 0 Å². The number of nitrogens with zero attached hydrogens (tertiary/aromatic N) is 4. The van der Waals surface area contributed by atoms with E-state index in [-0.39, 0.29) is 11.8 Å². The van der Waals surface area contributed by atoms with Crippen LogP contribution in [0.2, 0.25) is 0 Å². The Balaban J connectivity index is 1.25. The topological polar surface area (TPSA) is 87.0 Å². The highest BCUT2D eigenvalue weighted by Crippen LogP contribution is 2.24. The Labute approximate surface area is 195 Å². The molecule has 2 aromatic rings. The van der Waals surface area contributed by atoms with Gasteiger partial charge in [-0.25, -0.2) is 8.42 Å². The average Bonchev–Trinajstić information content (AvgIpc) is 3.16. The van der Waals surface area contributed by atoms with Crippen LogP contribution in [0.3, 0.4) is 0 Å². The van der Waals surface area contributed by atoms with Crippen LogP contribution in [-0.4, -0.2) is 72.9 Å². The second-order valence-electron chi connectivity index (χ2n) is 8.84. The summed E-state index contributed by atoms with van der Waals surface area (Å²) in [5.74, 6) is 0.902. The largest absolute Gasteiger partial charge is 0.361 e. The van der Waals surface area contributed by atoms with E-state index in [0.29, 0.717) is 39.0 Å². The molecule has 2 saturated heterocycles. The molecule has 0 unspecified atom stereocenters. The maximum absolute atomic E-state index is 13.1. The molecule has 178 valence electrons. The van der Waals surface area contributed by atoms with Gasteiger partial charge in [0, 0.05) is 62.7 Å². The number of hydrogen-bond acceptors (Lipinski definition) is 6. The first-order valence-electron chi connectivity index (χ1n) is 11.5. The third-order valence-electron chi connectivity index (χ3n) is 6.64. The number of rotatable bonds is 6. The van der Waals surface area contributed by atoms with Crippen LogP contribution in [0.25, 0.3) is 6.08 Å². The highest BCUT2D eigenvalue weighted by Gasteiger charge is 2.33. The summed E-state index contributed by atoms with van der Waals surface area (Å²) in [5.41, 5.74) is 2.90. The van der Waals surface area contributed by atoms with Gasteiger partial charge in [0.2, 0.25) is 15.9 Å². The zero-order chi connectivity index (χ0) is 23.4. The number of amides is 1. The monoisotopic (exact) mass is 472 g/mol. The van der Waals surface area contributed by atoms with E-state index >= 15 is 0 Å². The van der Waals surface area contributed by atoms with Crippen LogP contribution in [0.5, 0.6) is 0 Å². The van der Waals surface area contributed by atoms with Crippen LogP contribution in [0.15, 0.2) is 40.3 Å². The fourth-order valence-corrected chi connectivity index (χ4v) is 5.73. The van der Waals surface area contributed by atoms with Gasteiger partial charge < -0.3 is 9.42 Å². The third kappa shape index (κ3) is 5.72. The third-order valence-corrected chi connectivity index (χ3v) is 8.21. The molecule has 0 radical (unpaired) electrons. The van der Waals surface area contributed by atoms with E-state index in [1.807, 2.05) is 49.1 Å². The molecule has 0 saturated carbocycles. The number of piperidine rings is 1. The molecule has 4 rings (SSSR count). The highest BCUT2D eigenvalue weighted by atomic mass is 32.2. The number of aryl methyl sites for hydroxylation is 2. The summed E-state index contributed by atoms with van der Waals surface area (Å²) in [6, 6.07) is 9.38. The molecule has 2 aliphatic heterocycles. The first-order valence-corrected chi connectivity index (χ1v) is 13.0. The number of benzene rings is 1. The van der Waals surface area contributed by atoms with Gasteiger partial charge in [0.25, 0.3) is 0 Å². The van der Waals surface area contributed by atoms with Crippen LogP contribution in [0.1, 0.15) is 35.4 Å². The van der Waals surface area contributed by atoms with Crippen molar-refractivity contribution in [1.29, 1.82) is 0 Å². The van der Waals surface area contributed by atoms with Crippen molar-refractivity contribution in [2.45, 2.75) is 33.2 Å². The predicted molar refractivity (Wildman–Crippen MR) is 127 cm³/mol. The standard InChI is InChI=1S/C24H32N4O4S/c1-19-23(20(2)32-25-19)18-26-13-15-27(16-14-26)24(29)22-8-11-28(12-9-22)33(30,31)17-10-21-6-4-3-5-7-21/h3-7,10,17,22H,8-9,11-16,18H2,1-2H3/b17-10+. The normalized spacial score (nSPS) is 19.4. The molecule has 33 heavy (non-hydrogen) atoms. The fourth-order valence-electron chi connectivity index (χ4n) is 4.51. The molecule has 3 heterocycles. The molecule has 0 atom stereocenters. The summed E-state index contributed by atoms with van der Waals surface area (Å²) in [4.78, 5) is 17.3. The van der Waals surface area contributed by atoms with Crippen molar-refractivity contribution in [2.75, 3.05) is 39.3 Å². The molecular weight excluding hydrogens is 440 g/mol. The molecule has 0 N–H and O–H groups in total. The van der Waals surface area contributed by atoms with Crippen molar-refractivity contribution < 1.29 is 17.7 Å². The predicted octanol–water partition coefficient (Wildman–Crippen LogP) is 2.65. The van der Waals surface area contributed by atoms with Gasteiger partial charge in [-0.05, 0) is 38.3 Å². The van der Waals surface area contributed by atoms with Gasteiger partial charge in [-0.2, -0.15) is 4.31 Å². The second-order valence-corrected chi connectivity index (χ2v) is 10.7. The molecule has 0 spiro atoms. The van der Waals surface area contributed by atoms with Gasteiger partial charge in [-0.3, -0.25) is 9.69 Å². The molecule has 1 aromatic heterocycles. The summed E-state index contributed by atoms with van der Waals surface area (Å²) in [7, 11) is -3.49. The Kier molecular flexibility index (Phi) is 7.31. The van der Waals surface area contributed by atoms with Gasteiger partial charge in [0.05, 0.1) is 5.69 Å². The van der Waals surface area contributed by atoms with E-state index in [1.165, 1.54) is 9.71 Å². The van der Waals surface area contributed by atoms with Crippen LogP contribution in [0.4, 0.5) is 0 Å². The first kappa shape index (κ1) is 23.7. The Bertz CT molecular complexity index is 1060. The van der Waals surface area contributed by atoms with Gasteiger partial charge >= 0.3 is 0 Å². The second kappa shape index (κ2) is 10.2. The summed E-state index contributed by atoms with van der Waals surface area (Å²) in [5, 5.41) is 5.29. The van der Waals surface area contributed by atoms with Crippen LogP contribution >= 0.6 is 0 Å². The van der Waals surface area contributed by atoms with Gasteiger partial charge in [0.1, 0.15) is 5.76 Å². The van der Waals surface area contributed by atoms with Crippen LogP contribution < -0.4 is 0 Å². The quantitative estimate of drug-likeness (QED) is 0.642. The van der Waals surface area contributed by atoms with Crippen molar-refractivity contribution >= 4 is 22.0 Å². The Hall–Kier alpha value is -2.49. The first-order chi connectivity index (χ1) is 15.8. The average molecular weight is 473 g/mol. The Morgan fingerprint density at radius 1 is 1.06 bits per heavy atom. The molecule has 0 aliphatic carbocycles. The van der Waals surface area contributed by atoms with Crippen molar-refractivity contribution in [2.24, 2.45) is 5.92 Å². The van der Waals surface area contributed by atoms with E-state index in [9.17, 15) is 13.2 Å². The summed E-state index contributed by atoms with van der Waals surface area (Å²) in [6.07, 6.45) is 2.75. The molecule has 8 nitrogen and oxygen atoms in total. The lowest BCUT2D eigenvalue weighted by Gasteiger charge is -2.38. The van der Waals surface area contributed by atoms with E-state index in [4.69, 9.17) is 4.52 Å². The van der Waals surface area contributed by atoms with Crippen LogP contribution in [0, 0.1) is 19.8 Å². The van der Waals surface area contributed by atoms with Gasteiger partial charge in [-0.1, -0.05) is 35.5 Å². The zero-order valence-corrected chi connectivity index (χ0v) is 20.1. The SMILES string of the molecule is Cc1noc(C)c1CN1CCN(C(=O)C2CCN(S(=O)(=O)/C=C/c3ccccc3)CC2)CC1.